The molecule has 6 nitrogen and oxygen atoms in total. The van der Waals surface area contributed by atoms with Gasteiger partial charge in [0.2, 0.25) is 10.0 Å². The van der Waals surface area contributed by atoms with Gasteiger partial charge in [-0.05, 0) is 36.8 Å². The molecule has 1 atom stereocenters. The Labute approximate surface area is 154 Å². The van der Waals surface area contributed by atoms with E-state index in [-0.39, 0.29) is 22.3 Å². The third kappa shape index (κ3) is 4.23. The van der Waals surface area contributed by atoms with Gasteiger partial charge >= 0.3 is 0 Å². The number of nitrogens with zero attached hydrogens (tertiary/aromatic N) is 1. The Balaban J connectivity index is 2.15. The molecule has 1 unspecified atom stereocenters. The number of nitrogens with one attached hydrogen (secondary N) is 1. The molecule has 0 heterocycles. The smallest absolute Gasteiger partial charge is 0.255 e. The predicted molar refractivity (Wildman–Crippen MR) is 101 cm³/mol. The summed E-state index contributed by atoms with van der Waals surface area (Å²) in [6, 6.07) is 12.4. The van der Waals surface area contributed by atoms with Crippen molar-refractivity contribution in [3.63, 3.8) is 0 Å². The van der Waals surface area contributed by atoms with Crippen molar-refractivity contribution >= 4 is 15.9 Å². The monoisotopic (exact) mass is 376 g/mol. The summed E-state index contributed by atoms with van der Waals surface area (Å²) in [7, 11) is -3.50. The summed E-state index contributed by atoms with van der Waals surface area (Å²) in [6.07, 6.45) is 0. The number of benzene rings is 2. The molecule has 2 aromatic rings. The quantitative estimate of drug-likeness (QED) is 0.778. The molecule has 140 valence electrons. The molecular formula is C19H24N2O4S. The topological polar surface area (TPSA) is 86.7 Å². The summed E-state index contributed by atoms with van der Waals surface area (Å²) in [4.78, 5) is 12.5. The first-order valence-electron chi connectivity index (χ1n) is 8.50. The van der Waals surface area contributed by atoms with Crippen molar-refractivity contribution in [3.8, 4) is 5.75 Å². The number of hydrogen-bond acceptors (Lipinski definition) is 4. The summed E-state index contributed by atoms with van der Waals surface area (Å²) < 4.78 is 26.4. The normalized spacial score (nSPS) is 12.8. The molecule has 2 rings (SSSR count). The lowest BCUT2D eigenvalue weighted by Crippen LogP contribution is -2.30. The highest BCUT2D eigenvalue weighted by Gasteiger charge is 2.22. The first-order valence-corrected chi connectivity index (χ1v) is 9.94. The molecule has 0 spiro atoms. The predicted octanol–water partition coefficient (Wildman–Crippen LogP) is 2.91. The molecule has 0 bridgehead atoms. The Kier molecular flexibility index (Phi) is 6.39. The lowest BCUT2D eigenvalue weighted by Gasteiger charge is -2.19. The number of sulfonamides is 1. The Bertz CT molecular complexity index is 859. The van der Waals surface area contributed by atoms with E-state index in [1.54, 1.807) is 57.2 Å². The van der Waals surface area contributed by atoms with Gasteiger partial charge in [0.05, 0.1) is 16.5 Å². The minimum atomic E-state index is -3.50. The molecule has 0 radical (unpaired) electrons. The molecule has 0 saturated heterocycles. The van der Waals surface area contributed by atoms with Crippen LogP contribution >= 0.6 is 0 Å². The molecule has 0 aliphatic rings. The van der Waals surface area contributed by atoms with Crippen molar-refractivity contribution in [1.29, 1.82) is 0 Å². The van der Waals surface area contributed by atoms with Crippen molar-refractivity contribution in [2.75, 3.05) is 13.1 Å². The fraction of sp³-hybridized carbons (Fsp3) is 0.316. The van der Waals surface area contributed by atoms with Crippen molar-refractivity contribution < 1.29 is 18.3 Å². The number of rotatable bonds is 7. The summed E-state index contributed by atoms with van der Waals surface area (Å²) in [5.41, 5.74) is 0.965. The molecule has 2 N–H and O–H groups in total. The van der Waals surface area contributed by atoms with Gasteiger partial charge in [0, 0.05) is 13.1 Å². The summed E-state index contributed by atoms with van der Waals surface area (Å²) in [6.45, 7) is 6.21. The summed E-state index contributed by atoms with van der Waals surface area (Å²) >= 11 is 0. The van der Waals surface area contributed by atoms with Gasteiger partial charge in [0.25, 0.3) is 5.91 Å². The Morgan fingerprint density at radius 2 is 1.65 bits per heavy atom. The van der Waals surface area contributed by atoms with Gasteiger partial charge in [0.1, 0.15) is 5.75 Å². The Morgan fingerprint density at radius 3 is 2.19 bits per heavy atom. The third-order valence-corrected chi connectivity index (χ3v) is 6.28. The molecule has 1 amide bonds. The van der Waals surface area contributed by atoms with Gasteiger partial charge in [0.15, 0.2) is 0 Å². The second kappa shape index (κ2) is 8.33. The maximum absolute atomic E-state index is 12.5. The lowest BCUT2D eigenvalue weighted by molar-refractivity contribution is 0.0937. The highest BCUT2D eigenvalue weighted by molar-refractivity contribution is 7.89. The van der Waals surface area contributed by atoms with Gasteiger partial charge in [-0.25, -0.2) is 8.42 Å². The minimum Gasteiger partial charge on any atom is -0.507 e. The molecule has 0 fully saturated rings. The average molecular weight is 376 g/mol. The van der Waals surface area contributed by atoms with Crippen LogP contribution in [0.2, 0.25) is 0 Å². The first-order chi connectivity index (χ1) is 12.3. The Morgan fingerprint density at radius 1 is 1.08 bits per heavy atom. The van der Waals surface area contributed by atoms with Crippen molar-refractivity contribution in [2.45, 2.75) is 31.7 Å². The third-order valence-electron chi connectivity index (χ3n) is 4.22. The molecular weight excluding hydrogens is 352 g/mol. The van der Waals surface area contributed by atoms with Crippen LogP contribution in [0.5, 0.6) is 5.75 Å². The second-order valence-electron chi connectivity index (χ2n) is 5.87. The molecule has 26 heavy (non-hydrogen) atoms. The van der Waals surface area contributed by atoms with E-state index < -0.39 is 15.9 Å². The van der Waals surface area contributed by atoms with Gasteiger partial charge in [-0.15, -0.1) is 0 Å². The van der Waals surface area contributed by atoms with Crippen LogP contribution in [-0.4, -0.2) is 36.8 Å². The summed E-state index contributed by atoms with van der Waals surface area (Å²) in [5.74, 6) is -0.478. The number of hydrogen-bond donors (Lipinski definition) is 2. The second-order valence-corrected chi connectivity index (χ2v) is 7.81. The van der Waals surface area contributed by atoms with Crippen LogP contribution in [0, 0.1) is 0 Å². The van der Waals surface area contributed by atoms with Crippen LogP contribution in [0.4, 0.5) is 0 Å². The lowest BCUT2D eigenvalue weighted by atomic mass is 10.1. The van der Waals surface area contributed by atoms with Gasteiger partial charge < -0.3 is 10.4 Å². The van der Waals surface area contributed by atoms with Crippen LogP contribution in [0.1, 0.15) is 42.7 Å². The highest BCUT2D eigenvalue weighted by atomic mass is 32.2. The number of phenols is 1. The fourth-order valence-corrected chi connectivity index (χ4v) is 4.12. The minimum absolute atomic E-state index is 0.0853. The number of amides is 1. The molecule has 0 saturated carbocycles. The van der Waals surface area contributed by atoms with E-state index in [4.69, 9.17) is 0 Å². The average Bonchev–Trinajstić information content (AvgIpc) is 2.62. The van der Waals surface area contributed by atoms with Gasteiger partial charge in [-0.2, -0.15) is 4.31 Å². The molecule has 0 aliphatic heterocycles. The Hall–Kier alpha value is -2.38. The van der Waals surface area contributed by atoms with E-state index in [1.165, 1.54) is 16.4 Å². The van der Waals surface area contributed by atoms with Crippen molar-refractivity contribution in [3.05, 3.63) is 59.7 Å². The van der Waals surface area contributed by atoms with Crippen LogP contribution in [0.3, 0.4) is 0 Å². The summed E-state index contributed by atoms with van der Waals surface area (Å²) in [5, 5.41) is 12.6. The largest absolute Gasteiger partial charge is 0.507 e. The zero-order valence-electron chi connectivity index (χ0n) is 15.1. The first kappa shape index (κ1) is 19.9. The van der Waals surface area contributed by atoms with Crippen LogP contribution in [0.15, 0.2) is 53.4 Å². The van der Waals surface area contributed by atoms with E-state index >= 15 is 0 Å². The zero-order valence-corrected chi connectivity index (χ0v) is 16.0. The zero-order chi connectivity index (χ0) is 19.3. The van der Waals surface area contributed by atoms with Crippen molar-refractivity contribution in [2.24, 2.45) is 0 Å². The van der Waals surface area contributed by atoms with Gasteiger partial charge in [-0.3, -0.25) is 4.79 Å². The SMILES string of the molecule is CCN(CC)S(=O)(=O)c1ccc(C(C)NC(=O)c2ccccc2O)cc1. The number of carbonyl (C=O) groups is 1. The standard InChI is InChI=1S/C19H24N2O4S/c1-4-21(5-2)26(24,25)16-12-10-15(11-13-16)14(3)20-19(23)17-8-6-7-9-18(17)22/h6-14,22H,4-5H2,1-3H3,(H,20,23). The van der Waals surface area contributed by atoms with E-state index in [9.17, 15) is 18.3 Å². The number of phenolic OH excluding ortho intramolecular Hbond substituents is 1. The number of aromatic hydroxyl groups is 1. The van der Waals surface area contributed by atoms with E-state index in [2.05, 4.69) is 5.32 Å². The van der Waals surface area contributed by atoms with Gasteiger partial charge in [-0.1, -0.05) is 38.1 Å². The van der Waals surface area contributed by atoms with Crippen LogP contribution < -0.4 is 5.32 Å². The van der Waals surface area contributed by atoms with Crippen molar-refractivity contribution in [1.82, 2.24) is 9.62 Å². The molecule has 2 aromatic carbocycles. The van der Waals surface area contributed by atoms with Crippen LogP contribution in [-0.2, 0) is 10.0 Å². The maximum atomic E-state index is 12.5. The number of carbonyl (C=O) groups excluding carboxylic acids is 1. The highest BCUT2D eigenvalue weighted by Crippen LogP contribution is 2.21. The van der Waals surface area contributed by atoms with Crippen LogP contribution in [0.25, 0.3) is 0 Å². The molecule has 0 aliphatic carbocycles. The fourth-order valence-electron chi connectivity index (χ4n) is 2.66. The number of para-hydroxylation sites is 1. The van der Waals surface area contributed by atoms with E-state index in [1.807, 2.05) is 0 Å². The molecule has 0 aromatic heterocycles. The molecule has 7 heteroatoms. The van der Waals surface area contributed by atoms with E-state index in [0.717, 1.165) is 5.56 Å². The maximum Gasteiger partial charge on any atom is 0.255 e. The van der Waals surface area contributed by atoms with E-state index in [0.29, 0.717) is 13.1 Å².